The van der Waals surface area contributed by atoms with E-state index in [0.717, 1.165) is 5.32 Å². The standard InChI is InChI=1S/C18H24O4Se/c1-13(2)18(22-11-10-17(20)21-4)16(14(3)19)12-23-15-8-6-5-7-9-15/h5-11,13,16,18H,12H2,1-4H3/b11-10+/t16-,18-/m0/s1. The van der Waals surface area contributed by atoms with Crippen LogP contribution in [0.25, 0.3) is 0 Å². The molecule has 0 heterocycles. The number of benzene rings is 1. The molecular formula is C18H24O4Se. The van der Waals surface area contributed by atoms with Gasteiger partial charge in [-0.05, 0) is 0 Å². The molecule has 1 rings (SSSR count). The summed E-state index contributed by atoms with van der Waals surface area (Å²) in [4.78, 5) is 23.2. The predicted octanol–water partition coefficient (Wildman–Crippen LogP) is 2.37. The van der Waals surface area contributed by atoms with Gasteiger partial charge in [0.15, 0.2) is 0 Å². The minimum absolute atomic E-state index is 0.118. The number of hydrogen-bond acceptors (Lipinski definition) is 4. The fourth-order valence-electron chi connectivity index (χ4n) is 2.12. The Bertz CT molecular complexity index is 525. The zero-order valence-corrected chi connectivity index (χ0v) is 15.7. The van der Waals surface area contributed by atoms with E-state index >= 15 is 0 Å². The molecule has 1 aromatic carbocycles. The van der Waals surface area contributed by atoms with E-state index in [9.17, 15) is 9.59 Å². The van der Waals surface area contributed by atoms with Crippen molar-refractivity contribution in [2.75, 3.05) is 7.11 Å². The zero-order valence-electron chi connectivity index (χ0n) is 14.0. The molecule has 23 heavy (non-hydrogen) atoms. The van der Waals surface area contributed by atoms with Gasteiger partial charge in [0.05, 0.1) is 0 Å². The maximum absolute atomic E-state index is 12.1. The first-order chi connectivity index (χ1) is 11.0. The number of esters is 1. The second-order valence-corrected chi connectivity index (χ2v) is 7.81. The molecule has 0 radical (unpaired) electrons. The first kappa shape index (κ1) is 19.5. The summed E-state index contributed by atoms with van der Waals surface area (Å²) in [6.45, 7) is 5.64. The molecule has 0 bridgehead atoms. The average molecular weight is 383 g/mol. The van der Waals surface area contributed by atoms with Gasteiger partial charge in [0.25, 0.3) is 0 Å². The van der Waals surface area contributed by atoms with Gasteiger partial charge < -0.3 is 0 Å². The van der Waals surface area contributed by atoms with Gasteiger partial charge in [0.1, 0.15) is 0 Å². The molecule has 0 N–H and O–H groups in total. The van der Waals surface area contributed by atoms with Gasteiger partial charge in [0, 0.05) is 0 Å². The van der Waals surface area contributed by atoms with E-state index in [0.29, 0.717) is 0 Å². The van der Waals surface area contributed by atoms with E-state index in [4.69, 9.17) is 4.74 Å². The Kier molecular flexibility index (Phi) is 8.67. The van der Waals surface area contributed by atoms with E-state index in [1.807, 2.05) is 32.0 Å². The summed E-state index contributed by atoms with van der Waals surface area (Å²) in [6, 6.07) is 10.2. The molecular weight excluding hydrogens is 359 g/mol. The van der Waals surface area contributed by atoms with Crippen LogP contribution in [0.2, 0.25) is 5.32 Å². The summed E-state index contributed by atoms with van der Waals surface area (Å²) in [5.41, 5.74) is 0. The fraction of sp³-hybridized carbons (Fsp3) is 0.444. The Hall–Kier alpha value is -1.58. The van der Waals surface area contributed by atoms with Crippen LogP contribution in [0.15, 0.2) is 42.7 Å². The maximum atomic E-state index is 12.1. The van der Waals surface area contributed by atoms with Crippen LogP contribution in [0.3, 0.4) is 0 Å². The number of Topliss-reactive ketones (excluding diaryl/α,β-unsaturated/α-hetero) is 1. The monoisotopic (exact) mass is 384 g/mol. The van der Waals surface area contributed by atoms with Crippen LogP contribution in [-0.2, 0) is 19.1 Å². The molecule has 0 fully saturated rings. The number of ether oxygens (including phenoxy) is 2. The molecule has 0 aromatic heterocycles. The third-order valence-electron chi connectivity index (χ3n) is 3.39. The van der Waals surface area contributed by atoms with Gasteiger partial charge in [-0.3, -0.25) is 0 Å². The Morgan fingerprint density at radius 3 is 2.39 bits per heavy atom. The molecule has 0 saturated heterocycles. The van der Waals surface area contributed by atoms with Crippen molar-refractivity contribution in [2.45, 2.75) is 32.2 Å². The number of carbonyl (C=O) groups excluding carboxylic acids is 2. The van der Waals surface area contributed by atoms with Crippen molar-refractivity contribution in [3.63, 3.8) is 0 Å². The molecule has 2 atom stereocenters. The molecule has 1 aromatic rings. The molecule has 126 valence electrons. The summed E-state index contributed by atoms with van der Waals surface area (Å²) < 4.78 is 11.5. The second kappa shape index (κ2) is 10.2. The average Bonchev–Trinajstić information content (AvgIpc) is 2.53. The van der Waals surface area contributed by atoms with Crippen LogP contribution in [0, 0.1) is 11.8 Å². The third kappa shape index (κ3) is 7.02. The topological polar surface area (TPSA) is 52.6 Å². The van der Waals surface area contributed by atoms with Crippen LogP contribution in [0.4, 0.5) is 0 Å². The molecule has 0 aliphatic rings. The SMILES string of the molecule is COC(=O)/C=C/O[C@@H](C(C)C)[C@@H](C[Se]c1ccccc1)C(C)=O. The molecule has 0 unspecified atom stereocenters. The zero-order chi connectivity index (χ0) is 17.2. The van der Waals surface area contributed by atoms with Crippen LogP contribution < -0.4 is 4.46 Å². The van der Waals surface area contributed by atoms with Crippen molar-refractivity contribution in [3.05, 3.63) is 42.7 Å². The molecule has 0 aliphatic carbocycles. The fourth-order valence-corrected chi connectivity index (χ4v) is 4.52. The number of ketones is 1. The summed E-state index contributed by atoms with van der Waals surface area (Å²) in [5.74, 6) is -0.372. The van der Waals surface area contributed by atoms with Crippen molar-refractivity contribution in [2.24, 2.45) is 11.8 Å². The molecule has 0 saturated carbocycles. The van der Waals surface area contributed by atoms with E-state index in [1.54, 1.807) is 6.92 Å². The minimum atomic E-state index is -0.472. The molecule has 0 aliphatic heterocycles. The van der Waals surface area contributed by atoms with E-state index in [2.05, 4.69) is 16.9 Å². The predicted molar refractivity (Wildman–Crippen MR) is 91.7 cm³/mol. The van der Waals surface area contributed by atoms with Crippen molar-refractivity contribution in [1.29, 1.82) is 0 Å². The Morgan fingerprint density at radius 2 is 1.87 bits per heavy atom. The Labute approximate surface area is 144 Å². The Morgan fingerprint density at radius 1 is 1.22 bits per heavy atom. The van der Waals surface area contributed by atoms with Crippen molar-refractivity contribution >= 4 is 31.2 Å². The first-order valence-electron chi connectivity index (χ1n) is 7.54. The summed E-state index contributed by atoms with van der Waals surface area (Å²) >= 11 is 0.208. The quantitative estimate of drug-likeness (QED) is 0.284. The van der Waals surface area contributed by atoms with Crippen LogP contribution in [0.1, 0.15) is 20.8 Å². The van der Waals surface area contributed by atoms with Gasteiger partial charge in [0.2, 0.25) is 0 Å². The van der Waals surface area contributed by atoms with Crippen molar-refractivity contribution in [1.82, 2.24) is 0 Å². The van der Waals surface area contributed by atoms with Gasteiger partial charge >= 0.3 is 144 Å². The van der Waals surface area contributed by atoms with Gasteiger partial charge in [-0.2, -0.15) is 0 Å². The van der Waals surface area contributed by atoms with Crippen LogP contribution in [-0.4, -0.2) is 39.9 Å². The van der Waals surface area contributed by atoms with E-state index < -0.39 is 5.97 Å². The first-order valence-corrected chi connectivity index (χ1v) is 9.60. The number of hydrogen-bond donors (Lipinski definition) is 0. The molecule has 5 heteroatoms. The summed E-state index contributed by atoms with van der Waals surface area (Å²) in [6.07, 6.45) is 2.32. The molecule has 0 spiro atoms. The van der Waals surface area contributed by atoms with Gasteiger partial charge in [-0.25, -0.2) is 0 Å². The van der Waals surface area contributed by atoms with Crippen LogP contribution in [0.5, 0.6) is 0 Å². The Balaban J connectivity index is 2.75. The van der Waals surface area contributed by atoms with Crippen molar-refractivity contribution in [3.8, 4) is 0 Å². The summed E-state index contributed by atoms with van der Waals surface area (Å²) in [7, 11) is 1.31. The van der Waals surface area contributed by atoms with Crippen molar-refractivity contribution < 1.29 is 19.1 Å². The summed E-state index contributed by atoms with van der Waals surface area (Å²) in [5, 5.41) is 0.779. The third-order valence-corrected chi connectivity index (χ3v) is 5.76. The van der Waals surface area contributed by atoms with E-state index in [-0.39, 0.29) is 38.7 Å². The second-order valence-electron chi connectivity index (χ2n) is 5.51. The molecule has 4 nitrogen and oxygen atoms in total. The van der Waals surface area contributed by atoms with Crippen LogP contribution >= 0.6 is 0 Å². The number of rotatable bonds is 9. The normalized spacial score (nSPS) is 13.8. The molecule has 0 amide bonds. The number of methoxy groups -OCH3 is 1. The van der Waals surface area contributed by atoms with Gasteiger partial charge in [-0.1, -0.05) is 0 Å². The number of carbonyl (C=O) groups is 2. The van der Waals surface area contributed by atoms with E-state index in [1.165, 1.54) is 23.9 Å². The van der Waals surface area contributed by atoms with Gasteiger partial charge in [-0.15, -0.1) is 0 Å².